The van der Waals surface area contributed by atoms with E-state index < -0.39 is 0 Å². The Balaban J connectivity index is 2.86. The van der Waals surface area contributed by atoms with Crippen molar-refractivity contribution in [2.24, 2.45) is 7.05 Å². The van der Waals surface area contributed by atoms with Crippen LogP contribution in [0.15, 0.2) is 33.8 Å². The quantitative estimate of drug-likeness (QED) is 0.727. The Morgan fingerprint density at radius 2 is 2.25 bits per heavy atom. The molecule has 0 fully saturated rings. The lowest BCUT2D eigenvalue weighted by Crippen LogP contribution is -2.20. The van der Waals surface area contributed by atoms with E-state index in [9.17, 15) is 4.79 Å². The van der Waals surface area contributed by atoms with Gasteiger partial charge in [0.15, 0.2) is 0 Å². The number of aromatic nitrogens is 1. The van der Waals surface area contributed by atoms with E-state index in [2.05, 4.69) is 0 Å². The Morgan fingerprint density at radius 3 is 2.81 bits per heavy atom. The topological polar surface area (TPSA) is 58.9 Å². The van der Waals surface area contributed by atoms with Crippen molar-refractivity contribution in [2.75, 3.05) is 0 Å². The first-order valence-electron chi connectivity index (χ1n) is 4.79. The summed E-state index contributed by atoms with van der Waals surface area (Å²) in [4.78, 5) is 11.8. The maximum Gasteiger partial charge on any atom is 0.268 e. The van der Waals surface area contributed by atoms with Crippen molar-refractivity contribution < 1.29 is 4.42 Å². The van der Waals surface area contributed by atoms with Crippen LogP contribution in [0.4, 0.5) is 0 Å². The van der Waals surface area contributed by atoms with E-state index in [0.29, 0.717) is 11.3 Å². The highest BCUT2D eigenvalue weighted by molar-refractivity contribution is 5.68. The average Bonchev–Trinajstić information content (AvgIpc) is 2.76. The summed E-state index contributed by atoms with van der Waals surface area (Å²) in [6, 6.07) is 5.41. The van der Waals surface area contributed by atoms with Crippen LogP contribution in [0, 0.1) is 18.3 Å². The molecule has 0 N–H and O–H groups in total. The Labute approximate surface area is 92.4 Å². The second kappa shape index (κ2) is 3.70. The molecule has 0 radical (unpaired) electrons. The predicted molar refractivity (Wildman–Crippen MR) is 58.8 cm³/mol. The molecule has 0 aliphatic carbocycles. The zero-order valence-corrected chi connectivity index (χ0v) is 9.02. The molecule has 4 heteroatoms. The molecule has 0 bridgehead atoms. The molecule has 0 aromatic carbocycles. The molecule has 80 valence electrons. The minimum Gasteiger partial charge on any atom is -0.464 e. The molecule has 16 heavy (non-hydrogen) atoms. The van der Waals surface area contributed by atoms with Gasteiger partial charge in [0.05, 0.1) is 6.26 Å². The number of nitriles is 1. The molecular weight excluding hydrogens is 204 g/mol. The molecule has 0 amide bonds. The van der Waals surface area contributed by atoms with Crippen LogP contribution in [0.5, 0.6) is 0 Å². The molecule has 0 saturated carbocycles. The summed E-state index contributed by atoms with van der Waals surface area (Å²) in [6.45, 7) is 1.85. The fourth-order valence-electron chi connectivity index (χ4n) is 1.74. The van der Waals surface area contributed by atoms with Crippen LogP contribution in [0.2, 0.25) is 0 Å². The van der Waals surface area contributed by atoms with Crippen LogP contribution in [0.25, 0.3) is 11.3 Å². The van der Waals surface area contributed by atoms with Crippen molar-refractivity contribution in [3.8, 4) is 17.4 Å². The lowest BCUT2D eigenvalue weighted by Gasteiger charge is -2.07. The summed E-state index contributed by atoms with van der Waals surface area (Å²) in [5.41, 5.74) is 1.24. The smallest absolute Gasteiger partial charge is 0.268 e. The summed E-state index contributed by atoms with van der Waals surface area (Å²) in [6.07, 6.45) is 3.22. The van der Waals surface area contributed by atoms with Gasteiger partial charge in [-0.05, 0) is 24.6 Å². The van der Waals surface area contributed by atoms with E-state index in [1.165, 1.54) is 10.8 Å². The molecule has 0 aliphatic heterocycles. The first-order valence-corrected chi connectivity index (χ1v) is 4.79. The van der Waals surface area contributed by atoms with Gasteiger partial charge in [0.2, 0.25) is 0 Å². The predicted octanol–water partition coefficient (Wildman–Crippen LogP) is 1.83. The molecule has 2 heterocycles. The number of furan rings is 1. The van der Waals surface area contributed by atoms with Crippen LogP contribution in [-0.4, -0.2) is 4.57 Å². The van der Waals surface area contributed by atoms with Crippen LogP contribution in [0.1, 0.15) is 11.1 Å². The largest absolute Gasteiger partial charge is 0.464 e. The average molecular weight is 214 g/mol. The summed E-state index contributed by atoms with van der Waals surface area (Å²) in [5.74, 6) is 0.548. The Hall–Kier alpha value is -2.28. The van der Waals surface area contributed by atoms with Gasteiger partial charge in [0, 0.05) is 18.8 Å². The standard InChI is InChI=1S/C12H10N2O2/c1-8-7-14(2)12(15)9(6-13)11(8)10-4-3-5-16-10/h3-5,7H,1-2H3. The molecule has 0 atom stereocenters. The monoisotopic (exact) mass is 214 g/mol. The Kier molecular flexibility index (Phi) is 2.37. The van der Waals surface area contributed by atoms with Gasteiger partial charge >= 0.3 is 0 Å². The molecule has 2 aromatic rings. The van der Waals surface area contributed by atoms with E-state index in [0.717, 1.165) is 5.56 Å². The van der Waals surface area contributed by atoms with E-state index in [-0.39, 0.29) is 11.1 Å². The zero-order valence-electron chi connectivity index (χ0n) is 9.02. The van der Waals surface area contributed by atoms with E-state index in [4.69, 9.17) is 9.68 Å². The van der Waals surface area contributed by atoms with Gasteiger partial charge in [0.25, 0.3) is 5.56 Å². The second-order valence-electron chi connectivity index (χ2n) is 3.57. The van der Waals surface area contributed by atoms with Gasteiger partial charge in [0.1, 0.15) is 17.4 Å². The summed E-state index contributed by atoms with van der Waals surface area (Å²) >= 11 is 0. The maximum absolute atomic E-state index is 11.8. The van der Waals surface area contributed by atoms with Crippen LogP contribution in [-0.2, 0) is 7.05 Å². The van der Waals surface area contributed by atoms with Gasteiger partial charge < -0.3 is 8.98 Å². The van der Waals surface area contributed by atoms with Gasteiger partial charge in [-0.15, -0.1) is 0 Å². The number of nitrogens with zero attached hydrogens (tertiary/aromatic N) is 2. The van der Waals surface area contributed by atoms with Gasteiger partial charge in [-0.25, -0.2) is 0 Å². The normalized spacial score (nSPS) is 10.1. The Morgan fingerprint density at radius 1 is 1.50 bits per heavy atom. The molecule has 0 aliphatic rings. The van der Waals surface area contributed by atoms with E-state index >= 15 is 0 Å². The highest BCUT2D eigenvalue weighted by Crippen LogP contribution is 2.25. The van der Waals surface area contributed by atoms with E-state index in [1.54, 1.807) is 25.4 Å². The zero-order chi connectivity index (χ0) is 11.7. The molecular formula is C12H10N2O2. The van der Waals surface area contributed by atoms with E-state index in [1.807, 2.05) is 13.0 Å². The minimum absolute atomic E-state index is 0.123. The highest BCUT2D eigenvalue weighted by Gasteiger charge is 2.15. The number of pyridine rings is 1. The van der Waals surface area contributed by atoms with Crippen molar-refractivity contribution in [1.82, 2.24) is 4.57 Å². The second-order valence-corrected chi connectivity index (χ2v) is 3.57. The van der Waals surface area contributed by atoms with Crippen molar-refractivity contribution >= 4 is 0 Å². The van der Waals surface area contributed by atoms with Crippen molar-refractivity contribution in [3.63, 3.8) is 0 Å². The fraction of sp³-hybridized carbons (Fsp3) is 0.167. The molecule has 2 rings (SSSR count). The number of aryl methyl sites for hydroxylation is 2. The lowest BCUT2D eigenvalue weighted by atomic mass is 10.0. The van der Waals surface area contributed by atoms with Gasteiger partial charge in [-0.3, -0.25) is 4.79 Å². The third kappa shape index (κ3) is 1.43. The molecule has 2 aromatic heterocycles. The van der Waals surface area contributed by atoms with Crippen LogP contribution in [0.3, 0.4) is 0 Å². The SMILES string of the molecule is Cc1cn(C)c(=O)c(C#N)c1-c1ccco1. The maximum atomic E-state index is 11.8. The first-order chi connectivity index (χ1) is 7.65. The summed E-state index contributed by atoms with van der Waals surface area (Å²) in [7, 11) is 1.63. The summed E-state index contributed by atoms with van der Waals surface area (Å²) in [5, 5.41) is 9.04. The highest BCUT2D eigenvalue weighted by atomic mass is 16.3. The number of rotatable bonds is 1. The van der Waals surface area contributed by atoms with Gasteiger partial charge in [-0.1, -0.05) is 0 Å². The first kappa shape index (κ1) is 10.2. The lowest BCUT2D eigenvalue weighted by molar-refractivity contribution is 0.581. The number of hydrogen-bond donors (Lipinski definition) is 0. The fourth-order valence-corrected chi connectivity index (χ4v) is 1.74. The molecule has 0 spiro atoms. The molecule has 4 nitrogen and oxygen atoms in total. The Bertz CT molecular complexity index is 616. The molecule has 0 unspecified atom stereocenters. The number of hydrogen-bond acceptors (Lipinski definition) is 3. The van der Waals surface area contributed by atoms with Crippen molar-refractivity contribution in [3.05, 3.63) is 46.1 Å². The molecule has 0 saturated heterocycles. The van der Waals surface area contributed by atoms with Gasteiger partial charge in [-0.2, -0.15) is 5.26 Å². The minimum atomic E-state index is -0.306. The van der Waals surface area contributed by atoms with Crippen LogP contribution < -0.4 is 5.56 Å². The third-order valence-corrected chi connectivity index (χ3v) is 2.45. The summed E-state index contributed by atoms with van der Waals surface area (Å²) < 4.78 is 6.64. The third-order valence-electron chi connectivity index (χ3n) is 2.45. The van der Waals surface area contributed by atoms with Crippen molar-refractivity contribution in [1.29, 1.82) is 5.26 Å². The van der Waals surface area contributed by atoms with Crippen LogP contribution >= 0.6 is 0 Å². The van der Waals surface area contributed by atoms with Crippen molar-refractivity contribution in [2.45, 2.75) is 6.92 Å².